The Morgan fingerprint density at radius 1 is 1.10 bits per heavy atom. The van der Waals surface area contributed by atoms with Gasteiger partial charge < -0.3 is 14.8 Å². The number of rotatable bonds is 3. The number of fused-ring (bicyclic) bond motifs is 1. The van der Waals surface area contributed by atoms with Crippen molar-refractivity contribution in [1.29, 1.82) is 0 Å². The molecule has 0 amide bonds. The number of ether oxygens (including phenoxy) is 2. The molecule has 0 atom stereocenters. The van der Waals surface area contributed by atoms with Gasteiger partial charge in [0, 0.05) is 23.4 Å². The highest BCUT2D eigenvalue weighted by atomic mass is 19.1. The predicted octanol–water partition coefficient (Wildman–Crippen LogP) is 3.52. The summed E-state index contributed by atoms with van der Waals surface area (Å²) in [6, 6.07) is 10.8. The molecule has 0 unspecified atom stereocenters. The third-order valence-electron chi connectivity index (χ3n) is 3.38. The van der Waals surface area contributed by atoms with E-state index in [0.717, 1.165) is 22.7 Å². The van der Waals surface area contributed by atoms with Gasteiger partial charge in [-0.05, 0) is 25.1 Å². The maximum Gasteiger partial charge on any atom is 0.166 e. The van der Waals surface area contributed by atoms with Gasteiger partial charge in [0.05, 0.1) is 0 Å². The van der Waals surface area contributed by atoms with E-state index >= 15 is 0 Å². The van der Waals surface area contributed by atoms with E-state index in [1.165, 1.54) is 6.07 Å². The molecule has 0 fully saturated rings. The van der Waals surface area contributed by atoms with Gasteiger partial charge in [0.2, 0.25) is 0 Å². The average Bonchev–Trinajstić information content (AvgIpc) is 2.49. The Kier molecular flexibility index (Phi) is 3.46. The van der Waals surface area contributed by atoms with Gasteiger partial charge in [-0.3, -0.25) is 0 Å². The van der Waals surface area contributed by atoms with E-state index in [1.807, 2.05) is 24.3 Å². The summed E-state index contributed by atoms with van der Waals surface area (Å²) in [6.07, 6.45) is 0. The summed E-state index contributed by atoms with van der Waals surface area (Å²) >= 11 is 0. The normalized spacial score (nSPS) is 13.1. The van der Waals surface area contributed by atoms with Gasteiger partial charge in [0.1, 0.15) is 19.0 Å². The third kappa shape index (κ3) is 2.41. The highest BCUT2D eigenvalue weighted by Crippen LogP contribution is 2.34. The standard InChI is InChI=1S/C16H16FNO2/c1-11-13(17)5-3-6-14(11)18-10-12-4-2-7-15-16(12)20-9-8-19-15/h2-7,18H,8-10H2,1H3. The summed E-state index contributed by atoms with van der Waals surface area (Å²) in [6.45, 7) is 3.46. The fourth-order valence-electron chi connectivity index (χ4n) is 2.26. The SMILES string of the molecule is Cc1c(F)cccc1NCc1cccc2c1OCCO2. The number of halogens is 1. The van der Waals surface area contributed by atoms with Gasteiger partial charge in [-0.1, -0.05) is 18.2 Å². The zero-order valence-electron chi connectivity index (χ0n) is 11.3. The second-order valence-corrected chi connectivity index (χ2v) is 4.71. The number of anilines is 1. The fourth-order valence-corrected chi connectivity index (χ4v) is 2.26. The molecule has 0 bridgehead atoms. The van der Waals surface area contributed by atoms with Crippen LogP contribution in [0.4, 0.5) is 10.1 Å². The molecule has 1 heterocycles. The smallest absolute Gasteiger partial charge is 0.166 e. The van der Waals surface area contributed by atoms with Crippen LogP contribution in [0.15, 0.2) is 36.4 Å². The molecule has 2 aromatic rings. The van der Waals surface area contributed by atoms with E-state index in [9.17, 15) is 4.39 Å². The first-order chi connectivity index (χ1) is 9.75. The lowest BCUT2D eigenvalue weighted by Crippen LogP contribution is -2.17. The molecule has 1 N–H and O–H groups in total. The molecular formula is C16H16FNO2. The van der Waals surface area contributed by atoms with Crippen LogP contribution in [0.1, 0.15) is 11.1 Å². The lowest BCUT2D eigenvalue weighted by Gasteiger charge is -2.21. The fraction of sp³-hybridized carbons (Fsp3) is 0.250. The Labute approximate surface area is 117 Å². The summed E-state index contributed by atoms with van der Waals surface area (Å²) in [5.41, 5.74) is 2.42. The van der Waals surface area contributed by atoms with Crippen molar-refractivity contribution in [3.63, 3.8) is 0 Å². The van der Waals surface area contributed by atoms with Crippen molar-refractivity contribution in [2.24, 2.45) is 0 Å². The molecule has 0 spiro atoms. The molecule has 3 nitrogen and oxygen atoms in total. The Bertz CT molecular complexity index is 628. The van der Waals surface area contributed by atoms with Crippen molar-refractivity contribution in [2.75, 3.05) is 18.5 Å². The zero-order chi connectivity index (χ0) is 13.9. The van der Waals surface area contributed by atoms with Crippen LogP contribution < -0.4 is 14.8 Å². The first-order valence-electron chi connectivity index (χ1n) is 6.62. The van der Waals surface area contributed by atoms with Crippen LogP contribution >= 0.6 is 0 Å². The Hall–Kier alpha value is -2.23. The van der Waals surface area contributed by atoms with E-state index in [-0.39, 0.29) is 5.82 Å². The average molecular weight is 273 g/mol. The number of hydrogen-bond acceptors (Lipinski definition) is 3. The Balaban J connectivity index is 1.80. The number of para-hydroxylation sites is 1. The van der Waals surface area contributed by atoms with Gasteiger partial charge in [0.25, 0.3) is 0 Å². The highest BCUT2D eigenvalue weighted by Gasteiger charge is 2.15. The van der Waals surface area contributed by atoms with Crippen molar-refractivity contribution in [3.05, 3.63) is 53.3 Å². The van der Waals surface area contributed by atoms with Gasteiger partial charge in [-0.15, -0.1) is 0 Å². The minimum atomic E-state index is -0.204. The van der Waals surface area contributed by atoms with Crippen LogP contribution in [0, 0.1) is 12.7 Å². The summed E-state index contributed by atoms with van der Waals surface area (Å²) in [4.78, 5) is 0. The molecule has 104 valence electrons. The minimum Gasteiger partial charge on any atom is -0.486 e. The van der Waals surface area contributed by atoms with Crippen LogP contribution in [0.25, 0.3) is 0 Å². The quantitative estimate of drug-likeness (QED) is 0.928. The molecule has 20 heavy (non-hydrogen) atoms. The Morgan fingerprint density at radius 3 is 2.80 bits per heavy atom. The molecule has 0 aliphatic carbocycles. The molecule has 1 aliphatic rings. The number of nitrogens with one attached hydrogen (secondary N) is 1. The molecular weight excluding hydrogens is 257 g/mol. The van der Waals surface area contributed by atoms with Crippen LogP contribution in [-0.4, -0.2) is 13.2 Å². The molecule has 0 aromatic heterocycles. The Morgan fingerprint density at radius 2 is 1.90 bits per heavy atom. The molecule has 0 radical (unpaired) electrons. The van der Waals surface area contributed by atoms with Gasteiger partial charge in [-0.2, -0.15) is 0 Å². The van der Waals surface area contributed by atoms with Crippen molar-refractivity contribution < 1.29 is 13.9 Å². The molecule has 3 rings (SSSR count). The number of benzene rings is 2. The largest absolute Gasteiger partial charge is 0.486 e. The van der Waals surface area contributed by atoms with Crippen LogP contribution in [0.2, 0.25) is 0 Å². The van der Waals surface area contributed by atoms with Crippen molar-refractivity contribution in [3.8, 4) is 11.5 Å². The number of hydrogen-bond donors (Lipinski definition) is 1. The van der Waals surface area contributed by atoms with E-state index in [0.29, 0.717) is 25.3 Å². The van der Waals surface area contributed by atoms with Crippen molar-refractivity contribution >= 4 is 5.69 Å². The molecule has 4 heteroatoms. The van der Waals surface area contributed by atoms with Crippen LogP contribution in [0.3, 0.4) is 0 Å². The molecule has 0 saturated carbocycles. The van der Waals surface area contributed by atoms with E-state index in [4.69, 9.17) is 9.47 Å². The predicted molar refractivity (Wildman–Crippen MR) is 75.9 cm³/mol. The van der Waals surface area contributed by atoms with Gasteiger partial charge in [0.15, 0.2) is 11.5 Å². The van der Waals surface area contributed by atoms with Crippen molar-refractivity contribution in [1.82, 2.24) is 0 Å². The van der Waals surface area contributed by atoms with E-state index in [1.54, 1.807) is 13.0 Å². The minimum absolute atomic E-state index is 0.204. The van der Waals surface area contributed by atoms with Crippen LogP contribution in [0.5, 0.6) is 11.5 Å². The molecule has 2 aromatic carbocycles. The van der Waals surface area contributed by atoms with E-state index in [2.05, 4.69) is 5.32 Å². The maximum atomic E-state index is 13.5. The van der Waals surface area contributed by atoms with Gasteiger partial charge in [-0.25, -0.2) is 4.39 Å². The first kappa shape index (κ1) is 12.8. The second kappa shape index (κ2) is 5.41. The van der Waals surface area contributed by atoms with Crippen molar-refractivity contribution in [2.45, 2.75) is 13.5 Å². The second-order valence-electron chi connectivity index (χ2n) is 4.71. The van der Waals surface area contributed by atoms with E-state index < -0.39 is 0 Å². The monoisotopic (exact) mass is 273 g/mol. The third-order valence-corrected chi connectivity index (χ3v) is 3.38. The summed E-state index contributed by atoms with van der Waals surface area (Å²) in [7, 11) is 0. The lowest BCUT2D eigenvalue weighted by atomic mass is 10.1. The summed E-state index contributed by atoms with van der Waals surface area (Å²) in [5.74, 6) is 1.34. The van der Waals surface area contributed by atoms with Gasteiger partial charge >= 0.3 is 0 Å². The first-order valence-corrected chi connectivity index (χ1v) is 6.62. The molecule has 0 saturated heterocycles. The highest BCUT2D eigenvalue weighted by molar-refractivity contribution is 5.53. The summed E-state index contributed by atoms with van der Waals surface area (Å²) < 4.78 is 24.7. The zero-order valence-corrected chi connectivity index (χ0v) is 11.3. The van der Waals surface area contributed by atoms with Crippen LogP contribution in [-0.2, 0) is 6.54 Å². The molecule has 1 aliphatic heterocycles. The summed E-state index contributed by atoms with van der Waals surface area (Å²) in [5, 5.41) is 3.24. The maximum absolute atomic E-state index is 13.5. The lowest BCUT2D eigenvalue weighted by molar-refractivity contribution is 0.170. The topological polar surface area (TPSA) is 30.5 Å².